The van der Waals surface area contributed by atoms with Crippen LogP contribution in [0.15, 0.2) is 66.0 Å². The minimum atomic E-state index is -0.812. The smallest absolute Gasteiger partial charge is 0.251 e. The summed E-state index contributed by atoms with van der Waals surface area (Å²) >= 11 is 7.44. The van der Waals surface area contributed by atoms with Gasteiger partial charge < -0.3 is 5.32 Å². The number of carbonyl (C=O) groups is 2. The zero-order chi connectivity index (χ0) is 25.8. The van der Waals surface area contributed by atoms with E-state index in [1.807, 2.05) is 48.7 Å². The van der Waals surface area contributed by atoms with Gasteiger partial charge in [-0.3, -0.25) is 14.5 Å². The number of nitrogens with one attached hydrogen (secondary N) is 1. The molecule has 10 heteroatoms. The number of aryl methyl sites for hydroxylation is 1. The van der Waals surface area contributed by atoms with Gasteiger partial charge in [-0.25, -0.2) is 0 Å². The number of amides is 2. The molecule has 2 aromatic heterocycles. The van der Waals surface area contributed by atoms with Gasteiger partial charge in [-0.15, -0.1) is 21.5 Å². The van der Waals surface area contributed by atoms with Gasteiger partial charge in [0, 0.05) is 27.2 Å². The van der Waals surface area contributed by atoms with E-state index >= 15 is 0 Å². The molecule has 4 aromatic rings. The third-order valence-electron chi connectivity index (χ3n) is 6.50. The Morgan fingerprint density at radius 3 is 2.57 bits per heavy atom. The van der Waals surface area contributed by atoms with Crippen molar-refractivity contribution in [1.29, 1.82) is 0 Å². The first-order valence-electron chi connectivity index (χ1n) is 12.2. The molecule has 2 aromatic carbocycles. The molecule has 1 atom stereocenters. The summed E-state index contributed by atoms with van der Waals surface area (Å²) in [5.74, 6) is -0.102. The predicted molar refractivity (Wildman–Crippen MR) is 144 cm³/mol. The number of halogens is 1. The first-order chi connectivity index (χ1) is 18.0. The molecule has 2 heterocycles. The number of aromatic nitrogens is 4. The van der Waals surface area contributed by atoms with Gasteiger partial charge in [0.2, 0.25) is 11.7 Å². The molecule has 1 fully saturated rings. The average molecular weight is 535 g/mol. The van der Waals surface area contributed by atoms with Crippen molar-refractivity contribution in [3.8, 4) is 11.4 Å². The van der Waals surface area contributed by atoms with Crippen molar-refractivity contribution in [2.24, 2.45) is 0 Å². The highest BCUT2D eigenvalue weighted by Gasteiger charge is 2.36. The minimum Gasteiger partial charge on any atom is -0.351 e. The average Bonchev–Trinajstić information content (AvgIpc) is 3.67. The number of anilines is 1. The second kappa shape index (κ2) is 11.2. The van der Waals surface area contributed by atoms with E-state index in [0.717, 1.165) is 41.7 Å². The number of nitrogens with zero attached hydrogens (tertiary/aromatic N) is 5. The summed E-state index contributed by atoms with van der Waals surface area (Å²) in [7, 11) is 0. The maximum absolute atomic E-state index is 13.9. The number of thiophene rings is 1. The maximum atomic E-state index is 13.9. The number of tetrazole rings is 1. The van der Waals surface area contributed by atoms with Crippen molar-refractivity contribution in [2.75, 3.05) is 4.90 Å². The molecule has 1 aliphatic rings. The fourth-order valence-electron chi connectivity index (χ4n) is 4.64. The molecule has 0 spiro atoms. The lowest BCUT2D eigenvalue weighted by molar-refractivity contribution is -0.127. The van der Waals surface area contributed by atoms with E-state index in [2.05, 4.69) is 20.7 Å². The standard InChI is InChI=1S/C27H27ClN6O2S/c1-18-7-2-5-10-22(18)34(25(23-11-6-16-37-23)27(36)29-21-8-3-4-9-21)24(35)17-33-31-26(30-32-33)19-12-14-20(28)15-13-19/h2,5-7,10-16,21,25H,3-4,8-9,17H2,1H3,(H,29,36). The van der Waals surface area contributed by atoms with E-state index in [9.17, 15) is 9.59 Å². The molecular formula is C27H27ClN6O2S. The van der Waals surface area contributed by atoms with Gasteiger partial charge in [0.25, 0.3) is 5.91 Å². The molecule has 37 heavy (non-hydrogen) atoms. The summed E-state index contributed by atoms with van der Waals surface area (Å²) in [6, 6.07) is 17.8. The largest absolute Gasteiger partial charge is 0.351 e. The summed E-state index contributed by atoms with van der Waals surface area (Å²) in [6.07, 6.45) is 4.11. The molecule has 190 valence electrons. The quantitative estimate of drug-likeness (QED) is 0.335. The summed E-state index contributed by atoms with van der Waals surface area (Å²) in [6.45, 7) is 1.76. The lowest BCUT2D eigenvalue weighted by Gasteiger charge is -2.32. The van der Waals surface area contributed by atoms with Crippen molar-refractivity contribution in [3.05, 3.63) is 81.5 Å². The van der Waals surface area contributed by atoms with Crippen LogP contribution in [0, 0.1) is 6.92 Å². The molecule has 0 saturated heterocycles. The molecule has 2 amide bonds. The SMILES string of the molecule is Cc1ccccc1N(C(=O)Cn1nnc(-c2ccc(Cl)cc2)n1)C(C(=O)NC1CCCC1)c1cccs1. The lowest BCUT2D eigenvalue weighted by atomic mass is 10.1. The third kappa shape index (κ3) is 5.73. The van der Waals surface area contributed by atoms with Crippen molar-refractivity contribution < 1.29 is 9.59 Å². The topological polar surface area (TPSA) is 93.0 Å². The zero-order valence-corrected chi connectivity index (χ0v) is 22.0. The molecule has 1 N–H and O–H groups in total. The lowest BCUT2D eigenvalue weighted by Crippen LogP contribution is -2.47. The number of hydrogen-bond donors (Lipinski definition) is 1. The first-order valence-corrected chi connectivity index (χ1v) is 13.5. The van der Waals surface area contributed by atoms with E-state index in [0.29, 0.717) is 16.5 Å². The Morgan fingerprint density at radius 2 is 1.86 bits per heavy atom. The Labute approximate surface area is 224 Å². The Bertz CT molecular complexity index is 1370. The third-order valence-corrected chi connectivity index (χ3v) is 7.67. The highest BCUT2D eigenvalue weighted by Crippen LogP contribution is 2.33. The van der Waals surface area contributed by atoms with E-state index in [1.54, 1.807) is 29.2 Å². The maximum Gasteiger partial charge on any atom is 0.251 e. The van der Waals surface area contributed by atoms with E-state index in [-0.39, 0.29) is 24.4 Å². The van der Waals surface area contributed by atoms with Crippen LogP contribution < -0.4 is 10.2 Å². The second-order valence-electron chi connectivity index (χ2n) is 9.11. The molecule has 1 aliphatic carbocycles. The normalized spacial score (nSPS) is 14.4. The molecule has 0 bridgehead atoms. The molecule has 5 rings (SSSR count). The van der Waals surface area contributed by atoms with Crippen molar-refractivity contribution >= 4 is 40.4 Å². The second-order valence-corrected chi connectivity index (χ2v) is 10.5. The predicted octanol–water partition coefficient (Wildman–Crippen LogP) is 5.20. The summed E-state index contributed by atoms with van der Waals surface area (Å²) < 4.78 is 0. The van der Waals surface area contributed by atoms with Gasteiger partial charge in [-0.2, -0.15) is 4.80 Å². The van der Waals surface area contributed by atoms with Crippen LogP contribution in [0.3, 0.4) is 0 Å². The Hall–Kier alpha value is -3.56. The monoisotopic (exact) mass is 534 g/mol. The van der Waals surface area contributed by atoms with Crippen molar-refractivity contribution in [3.63, 3.8) is 0 Å². The van der Waals surface area contributed by atoms with Crippen LogP contribution >= 0.6 is 22.9 Å². The molecule has 0 radical (unpaired) electrons. The minimum absolute atomic E-state index is 0.128. The van der Waals surface area contributed by atoms with Crippen LogP contribution in [0.5, 0.6) is 0 Å². The van der Waals surface area contributed by atoms with Crippen LogP contribution in [0.1, 0.15) is 42.2 Å². The highest BCUT2D eigenvalue weighted by atomic mass is 35.5. The number of para-hydroxylation sites is 1. The molecule has 1 unspecified atom stereocenters. The highest BCUT2D eigenvalue weighted by molar-refractivity contribution is 7.10. The fourth-order valence-corrected chi connectivity index (χ4v) is 5.58. The van der Waals surface area contributed by atoms with Crippen LogP contribution in [-0.2, 0) is 16.1 Å². The van der Waals surface area contributed by atoms with Gasteiger partial charge in [0.1, 0.15) is 12.6 Å². The van der Waals surface area contributed by atoms with Gasteiger partial charge in [0.05, 0.1) is 0 Å². The van der Waals surface area contributed by atoms with Crippen LogP contribution in [0.25, 0.3) is 11.4 Å². The molecule has 8 nitrogen and oxygen atoms in total. The molecule has 1 saturated carbocycles. The van der Waals surface area contributed by atoms with E-state index < -0.39 is 6.04 Å². The molecular weight excluding hydrogens is 508 g/mol. The summed E-state index contributed by atoms with van der Waals surface area (Å²) in [5.41, 5.74) is 2.30. The van der Waals surface area contributed by atoms with Crippen molar-refractivity contribution in [2.45, 2.75) is 51.2 Å². The zero-order valence-electron chi connectivity index (χ0n) is 20.4. The van der Waals surface area contributed by atoms with Gasteiger partial charge in [0.15, 0.2) is 0 Å². The Kier molecular flexibility index (Phi) is 7.62. The molecule has 0 aliphatic heterocycles. The van der Waals surface area contributed by atoms with Crippen LogP contribution in [0.2, 0.25) is 5.02 Å². The number of hydrogen-bond acceptors (Lipinski definition) is 6. The number of rotatable bonds is 8. The van der Waals surface area contributed by atoms with Crippen LogP contribution in [0.4, 0.5) is 5.69 Å². The van der Waals surface area contributed by atoms with Gasteiger partial charge in [-0.05, 0) is 72.3 Å². The van der Waals surface area contributed by atoms with Gasteiger partial charge in [-0.1, -0.05) is 48.7 Å². The summed E-state index contributed by atoms with van der Waals surface area (Å²) in [4.78, 5) is 31.3. The van der Waals surface area contributed by atoms with Crippen molar-refractivity contribution in [1.82, 2.24) is 25.5 Å². The first kappa shape index (κ1) is 25.1. The number of carbonyl (C=O) groups excluding carboxylic acids is 2. The Balaban J connectivity index is 1.48. The number of benzene rings is 2. The fraction of sp³-hybridized carbons (Fsp3) is 0.296. The van der Waals surface area contributed by atoms with E-state index in [4.69, 9.17) is 11.6 Å². The van der Waals surface area contributed by atoms with E-state index in [1.165, 1.54) is 16.1 Å². The summed E-state index contributed by atoms with van der Waals surface area (Å²) in [5, 5.41) is 18.3. The Morgan fingerprint density at radius 1 is 1.11 bits per heavy atom. The van der Waals surface area contributed by atoms with Gasteiger partial charge >= 0.3 is 0 Å². The van der Waals surface area contributed by atoms with Crippen LogP contribution in [-0.4, -0.2) is 38.1 Å².